The van der Waals surface area contributed by atoms with Gasteiger partial charge in [-0.05, 0) is 0 Å². The fourth-order valence-corrected chi connectivity index (χ4v) is 17.6. The standard InChI is InChI=1S/C6H12S.3C2H5.Sn/c1-2-3-4-5-6-7;3*1-2;/h2,7H,1,3-6H2;3*1H2,2H3;/q;;;;+1/p-1. The van der Waals surface area contributed by atoms with Crippen molar-refractivity contribution in [3.63, 3.8) is 0 Å². The summed E-state index contributed by atoms with van der Waals surface area (Å²) in [5.41, 5.74) is 0. The molecule has 0 spiro atoms. The number of hydrogen-bond acceptors (Lipinski definition) is 1. The van der Waals surface area contributed by atoms with Crippen molar-refractivity contribution in [3.05, 3.63) is 12.7 Å². The Morgan fingerprint density at radius 2 is 1.64 bits per heavy atom. The first-order valence-electron chi connectivity index (χ1n) is 5.99. The number of hydrogen-bond donors (Lipinski definition) is 0. The van der Waals surface area contributed by atoms with Gasteiger partial charge >= 0.3 is 97.7 Å². The van der Waals surface area contributed by atoms with Crippen LogP contribution in [0.5, 0.6) is 0 Å². The molecule has 0 aliphatic carbocycles. The zero-order chi connectivity index (χ0) is 10.9. The Bertz CT molecular complexity index is 133. The van der Waals surface area contributed by atoms with Crippen LogP contribution in [0.4, 0.5) is 0 Å². The van der Waals surface area contributed by atoms with Crippen molar-refractivity contribution < 1.29 is 0 Å². The molecule has 0 atom stereocenters. The SMILES string of the molecule is C=CCCCC[S][Sn]([CH2]C)([CH2]C)[CH2]C. The maximum absolute atomic E-state index is 3.76. The van der Waals surface area contributed by atoms with Crippen molar-refractivity contribution in [2.45, 2.75) is 53.3 Å². The Morgan fingerprint density at radius 1 is 1.07 bits per heavy atom. The van der Waals surface area contributed by atoms with E-state index < -0.39 is 17.0 Å². The monoisotopic (exact) mass is 322 g/mol. The molecule has 0 N–H and O–H groups in total. The molecule has 0 amide bonds. The van der Waals surface area contributed by atoms with E-state index in [2.05, 4.69) is 36.3 Å². The van der Waals surface area contributed by atoms with Gasteiger partial charge in [-0.15, -0.1) is 0 Å². The Kier molecular flexibility index (Phi) is 9.72. The summed E-state index contributed by atoms with van der Waals surface area (Å²) < 4.78 is 4.56. The van der Waals surface area contributed by atoms with Crippen molar-refractivity contribution in [2.24, 2.45) is 0 Å². The number of unbranched alkanes of at least 4 members (excludes halogenated alkanes) is 2. The Labute approximate surface area is 97.3 Å². The molecule has 0 rings (SSSR count). The van der Waals surface area contributed by atoms with Crippen molar-refractivity contribution >= 4 is 25.9 Å². The predicted octanol–water partition coefficient (Wildman–Crippen LogP) is 5.08. The van der Waals surface area contributed by atoms with Crippen LogP contribution >= 0.6 is 8.95 Å². The third-order valence-corrected chi connectivity index (χ3v) is 28.1. The third-order valence-electron chi connectivity index (χ3n) is 3.14. The summed E-state index contributed by atoms with van der Waals surface area (Å²) in [4.78, 5) is 0. The van der Waals surface area contributed by atoms with Gasteiger partial charge in [-0.25, -0.2) is 0 Å². The van der Waals surface area contributed by atoms with Crippen LogP contribution < -0.4 is 0 Å². The first kappa shape index (κ1) is 14.9. The van der Waals surface area contributed by atoms with Crippen molar-refractivity contribution in [1.29, 1.82) is 0 Å². The van der Waals surface area contributed by atoms with E-state index in [0.717, 1.165) is 0 Å². The second-order valence-electron chi connectivity index (χ2n) is 3.88. The molecule has 0 unspecified atom stereocenters. The van der Waals surface area contributed by atoms with E-state index in [1.807, 2.05) is 6.08 Å². The van der Waals surface area contributed by atoms with Gasteiger partial charge in [0.1, 0.15) is 0 Å². The average molecular weight is 321 g/mol. The van der Waals surface area contributed by atoms with Gasteiger partial charge in [-0.3, -0.25) is 0 Å². The topological polar surface area (TPSA) is 0 Å². The molecular weight excluding hydrogens is 295 g/mol. The van der Waals surface area contributed by atoms with E-state index in [1.54, 1.807) is 0 Å². The molecule has 0 heterocycles. The van der Waals surface area contributed by atoms with Gasteiger partial charge in [-0.2, -0.15) is 0 Å². The predicted molar refractivity (Wildman–Crippen MR) is 73.7 cm³/mol. The molecule has 14 heavy (non-hydrogen) atoms. The normalized spacial score (nSPS) is 11.6. The molecule has 0 radical (unpaired) electrons. The average Bonchev–Trinajstić information content (AvgIpc) is 2.24. The van der Waals surface area contributed by atoms with Gasteiger partial charge in [0.15, 0.2) is 0 Å². The zero-order valence-corrected chi connectivity index (χ0v) is 13.8. The van der Waals surface area contributed by atoms with Gasteiger partial charge in [0.25, 0.3) is 0 Å². The van der Waals surface area contributed by atoms with Crippen LogP contribution in [0.15, 0.2) is 12.7 Å². The summed E-state index contributed by atoms with van der Waals surface area (Å²) in [6.07, 6.45) is 5.99. The minimum atomic E-state index is -1.63. The molecule has 0 aromatic heterocycles. The zero-order valence-electron chi connectivity index (χ0n) is 10.1. The first-order valence-corrected chi connectivity index (χ1v) is 16.5. The quantitative estimate of drug-likeness (QED) is 0.324. The molecule has 0 nitrogen and oxygen atoms in total. The summed E-state index contributed by atoms with van der Waals surface area (Å²) in [6.45, 7) is 11.0. The fraction of sp³-hybridized carbons (Fsp3) is 0.833. The molecule has 0 bridgehead atoms. The van der Waals surface area contributed by atoms with Crippen molar-refractivity contribution in [1.82, 2.24) is 0 Å². The van der Waals surface area contributed by atoms with Crippen LogP contribution in [0.2, 0.25) is 13.3 Å². The molecule has 0 saturated carbocycles. The molecular formula is C12H26SSn. The summed E-state index contributed by atoms with van der Waals surface area (Å²) in [5, 5.41) is 0. The van der Waals surface area contributed by atoms with Gasteiger partial charge in [0.2, 0.25) is 0 Å². The molecule has 0 fully saturated rings. The van der Waals surface area contributed by atoms with Crippen LogP contribution in [-0.4, -0.2) is 22.7 Å². The third kappa shape index (κ3) is 5.69. The van der Waals surface area contributed by atoms with Crippen LogP contribution in [-0.2, 0) is 0 Å². The Hall–Kier alpha value is 0.889. The van der Waals surface area contributed by atoms with Crippen molar-refractivity contribution in [3.8, 4) is 0 Å². The van der Waals surface area contributed by atoms with Crippen molar-refractivity contribution in [2.75, 3.05) is 5.75 Å². The molecule has 0 aromatic carbocycles. The number of rotatable bonds is 9. The van der Waals surface area contributed by atoms with E-state index in [1.165, 1.54) is 38.3 Å². The van der Waals surface area contributed by atoms with E-state index in [4.69, 9.17) is 0 Å². The summed E-state index contributed by atoms with van der Waals surface area (Å²) in [7, 11) is 2.40. The molecule has 0 aliphatic rings. The van der Waals surface area contributed by atoms with Gasteiger partial charge in [0.05, 0.1) is 0 Å². The van der Waals surface area contributed by atoms with E-state index in [9.17, 15) is 0 Å². The molecule has 0 aliphatic heterocycles. The van der Waals surface area contributed by atoms with Crippen LogP contribution in [0, 0.1) is 0 Å². The van der Waals surface area contributed by atoms with Crippen LogP contribution in [0.3, 0.4) is 0 Å². The van der Waals surface area contributed by atoms with Gasteiger partial charge in [0, 0.05) is 0 Å². The molecule has 0 saturated heterocycles. The van der Waals surface area contributed by atoms with E-state index >= 15 is 0 Å². The number of allylic oxidation sites excluding steroid dienone is 1. The maximum atomic E-state index is 3.76. The van der Waals surface area contributed by atoms with Crippen LogP contribution in [0.1, 0.15) is 40.0 Å². The van der Waals surface area contributed by atoms with E-state index in [-0.39, 0.29) is 0 Å². The molecule has 84 valence electrons. The second-order valence-corrected chi connectivity index (χ2v) is 25.7. The first-order chi connectivity index (χ1) is 6.74. The second kappa shape index (κ2) is 9.14. The summed E-state index contributed by atoms with van der Waals surface area (Å²) >= 11 is -1.63. The molecule has 0 aromatic rings. The molecule has 2 heteroatoms. The van der Waals surface area contributed by atoms with E-state index in [0.29, 0.717) is 0 Å². The van der Waals surface area contributed by atoms with Gasteiger partial charge < -0.3 is 0 Å². The van der Waals surface area contributed by atoms with Crippen LogP contribution in [0.25, 0.3) is 0 Å². The minimum absolute atomic E-state index is 1.20. The Morgan fingerprint density at radius 3 is 2.07 bits per heavy atom. The fourth-order valence-electron chi connectivity index (χ4n) is 1.74. The Balaban J connectivity index is 3.65. The summed E-state index contributed by atoms with van der Waals surface area (Å²) in [5.74, 6) is 1.42. The summed E-state index contributed by atoms with van der Waals surface area (Å²) in [6, 6.07) is 0. The van der Waals surface area contributed by atoms with Gasteiger partial charge in [-0.1, -0.05) is 0 Å².